The molecule has 20 heavy (non-hydrogen) atoms. The second kappa shape index (κ2) is 4.45. The van der Waals surface area contributed by atoms with Gasteiger partial charge < -0.3 is 15.0 Å². The van der Waals surface area contributed by atoms with Crippen LogP contribution in [0.1, 0.15) is 25.7 Å². The standard InChI is InChI=1S/C15H20N4O/c1-20-12-6-15(7-12)4-10(5-15)8-17-14-18-9-11-2-3-16-13(11)19-14/h2-3,9-10,12H,4-8H2,1H3,(H2,16,17,18,19). The van der Waals surface area contributed by atoms with Crippen LogP contribution in [0.3, 0.4) is 0 Å². The van der Waals surface area contributed by atoms with Gasteiger partial charge in [-0.25, -0.2) is 4.98 Å². The molecule has 0 unspecified atom stereocenters. The molecule has 0 amide bonds. The van der Waals surface area contributed by atoms with Crippen LogP contribution in [-0.2, 0) is 4.74 Å². The third kappa shape index (κ3) is 1.97. The van der Waals surface area contributed by atoms with E-state index in [0.29, 0.717) is 11.5 Å². The minimum atomic E-state index is 0.516. The third-order valence-electron chi connectivity index (χ3n) is 4.95. The molecule has 5 heteroatoms. The fourth-order valence-electron chi connectivity index (χ4n) is 3.88. The number of rotatable bonds is 4. The average molecular weight is 272 g/mol. The summed E-state index contributed by atoms with van der Waals surface area (Å²) in [5.41, 5.74) is 1.51. The van der Waals surface area contributed by atoms with Crippen molar-refractivity contribution in [2.75, 3.05) is 19.0 Å². The van der Waals surface area contributed by atoms with E-state index in [4.69, 9.17) is 4.74 Å². The van der Waals surface area contributed by atoms with Crippen LogP contribution in [0.15, 0.2) is 18.5 Å². The van der Waals surface area contributed by atoms with Crippen LogP contribution in [0.4, 0.5) is 5.95 Å². The average Bonchev–Trinajstić information content (AvgIpc) is 2.82. The lowest BCUT2D eigenvalue weighted by atomic mass is 9.50. The zero-order chi connectivity index (χ0) is 13.6. The Labute approximate surface area is 118 Å². The zero-order valence-electron chi connectivity index (χ0n) is 11.7. The van der Waals surface area contributed by atoms with Crippen molar-refractivity contribution in [2.24, 2.45) is 11.3 Å². The molecule has 2 aromatic heterocycles. The second-order valence-corrected chi connectivity index (χ2v) is 6.40. The molecule has 0 saturated heterocycles. The maximum atomic E-state index is 5.38. The van der Waals surface area contributed by atoms with Crippen molar-refractivity contribution in [1.82, 2.24) is 15.0 Å². The number of anilines is 1. The summed E-state index contributed by atoms with van der Waals surface area (Å²) in [6, 6.07) is 1.98. The maximum Gasteiger partial charge on any atom is 0.224 e. The first-order valence-electron chi connectivity index (χ1n) is 7.33. The molecular weight excluding hydrogens is 252 g/mol. The highest BCUT2D eigenvalue weighted by Crippen LogP contribution is 2.59. The molecule has 0 atom stereocenters. The first-order valence-corrected chi connectivity index (χ1v) is 7.33. The quantitative estimate of drug-likeness (QED) is 0.898. The predicted octanol–water partition coefficient (Wildman–Crippen LogP) is 2.58. The molecule has 2 fully saturated rings. The van der Waals surface area contributed by atoms with E-state index in [-0.39, 0.29) is 0 Å². The summed E-state index contributed by atoms with van der Waals surface area (Å²) in [6.07, 6.45) is 9.42. The van der Waals surface area contributed by atoms with Crippen molar-refractivity contribution in [3.63, 3.8) is 0 Å². The summed E-state index contributed by atoms with van der Waals surface area (Å²) in [4.78, 5) is 11.9. The molecule has 4 rings (SSSR count). The number of fused-ring (bicyclic) bond motifs is 1. The number of nitrogens with zero attached hydrogens (tertiary/aromatic N) is 2. The Bertz CT molecular complexity index is 609. The molecule has 2 N–H and O–H groups in total. The van der Waals surface area contributed by atoms with Crippen LogP contribution in [0.25, 0.3) is 11.0 Å². The van der Waals surface area contributed by atoms with Crippen molar-refractivity contribution in [2.45, 2.75) is 31.8 Å². The molecule has 5 nitrogen and oxygen atoms in total. The minimum Gasteiger partial charge on any atom is -0.381 e. The van der Waals surface area contributed by atoms with Gasteiger partial charge in [0, 0.05) is 31.4 Å². The van der Waals surface area contributed by atoms with Crippen molar-refractivity contribution < 1.29 is 4.74 Å². The Hall–Kier alpha value is -1.62. The normalized spacial score (nSPS) is 32.0. The highest BCUT2D eigenvalue weighted by atomic mass is 16.5. The zero-order valence-corrected chi connectivity index (χ0v) is 11.7. The Morgan fingerprint density at radius 1 is 1.40 bits per heavy atom. The number of aromatic amines is 1. The van der Waals surface area contributed by atoms with Crippen LogP contribution >= 0.6 is 0 Å². The monoisotopic (exact) mass is 272 g/mol. The van der Waals surface area contributed by atoms with Gasteiger partial charge in [-0.3, -0.25) is 0 Å². The highest BCUT2D eigenvalue weighted by molar-refractivity contribution is 5.75. The number of hydrogen-bond acceptors (Lipinski definition) is 4. The SMILES string of the molecule is COC1CC2(CC(CNc3ncc4cc[nH]c4n3)C2)C1. The maximum absolute atomic E-state index is 5.38. The molecule has 0 aliphatic heterocycles. The van der Waals surface area contributed by atoms with E-state index in [1.807, 2.05) is 25.6 Å². The molecule has 2 aliphatic rings. The summed E-state index contributed by atoms with van der Waals surface area (Å²) in [5, 5.41) is 4.42. The lowest BCUT2D eigenvalue weighted by molar-refractivity contribution is -0.123. The van der Waals surface area contributed by atoms with Gasteiger partial charge in [-0.1, -0.05) is 0 Å². The molecule has 0 radical (unpaired) electrons. The summed E-state index contributed by atoms with van der Waals surface area (Å²) in [7, 11) is 1.82. The number of H-pyrrole nitrogens is 1. The smallest absolute Gasteiger partial charge is 0.224 e. The van der Waals surface area contributed by atoms with Gasteiger partial charge in [0.2, 0.25) is 5.95 Å². The van der Waals surface area contributed by atoms with Gasteiger partial charge in [0.15, 0.2) is 0 Å². The van der Waals surface area contributed by atoms with Gasteiger partial charge in [0.1, 0.15) is 5.65 Å². The summed E-state index contributed by atoms with van der Waals surface area (Å²) < 4.78 is 5.38. The van der Waals surface area contributed by atoms with Gasteiger partial charge in [0.25, 0.3) is 0 Å². The van der Waals surface area contributed by atoms with E-state index >= 15 is 0 Å². The van der Waals surface area contributed by atoms with Crippen LogP contribution in [0.2, 0.25) is 0 Å². The van der Waals surface area contributed by atoms with Crippen LogP contribution < -0.4 is 5.32 Å². The molecule has 2 saturated carbocycles. The lowest BCUT2D eigenvalue weighted by Gasteiger charge is -2.57. The molecule has 106 valence electrons. The third-order valence-corrected chi connectivity index (χ3v) is 4.95. The highest BCUT2D eigenvalue weighted by Gasteiger charge is 2.52. The van der Waals surface area contributed by atoms with Crippen molar-refractivity contribution in [1.29, 1.82) is 0 Å². The van der Waals surface area contributed by atoms with Crippen LogP contribution in [-0.4, -0.2) is 34.7 Å². The molecule has 1 spiro atoms. The molecule has 2 heterocycles. The van der Waals surface area contributed by atoms with Gasteiger partial charge in [0.05, 0.1) is 6.10 Å². The van der Waals surface area contributed by atoms with Crippen molar-refractivity contribution in [3.05, 3.63) is 18.5 Å². The van der Waals surface area contributed by atoms with E-state index in [0.717, 1.165) is 29.4 Å². The Balaban J connectivity index is 1.29. The summed E-state index contributed by atoms with van der Waals surface area (Å²) in [6.45, 7) is 0.978. The first kappa shape index (κ1) is 12.1. The lowest BCUT2D eigenvalue weighted by Crippen LogP contribution is -2.52. The van der Waals surface area contributed by atoms with E-state index in [9.17, 15) is 0 Å². The summed E-state index contributed by atoms with van der Waals surface area (Å²) >= 11 is 0. The fourth-order valence-corrected chi connectivity index (χ4v) is 3.88. The van der Waals surface area contributed by atoms with E-state index in [1.54, 1.807) is 0 Å². The number of hydrogen-bond donors (Lipinski definition) is 2. The number of nitrogens with one attached hydrogen (secondary N) is 2. The van der Waals surface area contributed by atoms with Crippen molar-refractivity contribution in [3.8, 4) is 0 Å². The molecular formula is C15H20N4O. The van der Waals surface area contributed by atoms with Gasteiger partial charge in [-0.05, 0) is 43.1 Å². The number of aromatic nitrogens is 3. The van der Waals surface area contributed by atoms with Gasteiger partial charge >= 0.3 is 0 Å². The van der Waals surface area contributed by atoms with E-state index in [1.165, 1.54) is 25.7 Å². The Kier molecular flexibility index (Phi) is 2.70. The van der Waals surface area contributed by atoms with Gasteiger partial charge in [-0.2, -0.15) is 4.98 Å². The second-order valence-electron chi connectivity index (χ2n) is 6.40. The Morgan fingerprint density at radius 3 is 3.05 bits per heavy atom. The minimum absolute atomic E-state index is 0.516. The Morgan fingerprint density at radius 2 is 2.25 bits per heavy atom. The summed E-state index contributed by atoms with van der Waals surface area (Å²) in [5.74, 6) is 1.49. The fraction of sp³-hybridized carbons (Fsp3) is 0.600. The largest absolute Gasteiger partial charge is 0.381 e. The van der Waals surface area contributed by atoms with E-state index < -0.39 is 0 Å². The van der Waals surface area contributed by atoms with Crippen LogP contribution in [0, 0.1) is 11.3 Å². The van der Waals surface area contributed by atoms with E-state index in [2.05, 4.69) is 20.3 Å². The molecule has 2 aromatic rings. The van der Waals surface area contributed by atoms with Crippen molar-refractivity contribution >= 4 is 17.0 Å². The number of ether oxygens (including phenoxy) is 1. The molecule has 2 aliphatic carbocycles. The topological polar surface area (TPSA) is 62.8 Å². The molecule has 0 aromatic carbocycles. The molecule has 0 bridgehead atoms. The predicted molar refractivity (Wildman–Crippen MR) is 77.6 cm³/mol. The van der Waals surface area contributed by atoms with Gasteiger partial charge in [-0.15, -0.1) is 0 Å². The first-order chi connectivity index (χ1) is 9.76. The number of methoxy groups -OCH3 is 1. The van der Waals surface area contributed by atoms with Crippen LogP contribution in [0.5, 0.6) is 0 Å².